The third-order valence-corrected chi connectivity index (χ3v) is 5.28. The Morgan fingerprint density at radius 2 is 1.68 bits per heavy atom. The molecule has 0 saturated heterocycles. The van der Waals surface area contributed by atoms with Crippen LogP contribution in [0.2, 0.25) is 0 Å². The maximum atomic E-state index is 6.78. The van der Waals surface area contributed by atoms with Crippen molar-refractivity contribution in [3.8, 4) is 0 Å². The molecule has 0 radical (unpaired) electrons. The van der Waals surface area contributed by atoms with Gasteiger partial charge in [-0.3, -0.25) is 0 Å². The normalized spacial score (nSPS) is 31.9. The van der Waals surface area contributed by atoms with Crippen LogP contribution in [0.25, 0.3) is 0 Å². The van der Waals surface area contributed by atoms with E-state index in [2.05, 4.69) is 19.3 Å². The molecule has 2 atom stereocenters. The molecule has 0 spiro atoms. The number of hydrogen-bond acceptors (Lipinski definition) is 2. The Kier molecular flexibility index (Phi) is 6.15. The lowest BCUT2D eigenvalue weighted by Crippen LogP contribution is -2.46. The van der Waals surface area contributed by atoms with Gasteiger partial charge in [0, 0.05) is 6.54 Å². The van der Waals surface area contributed by atoms with E-state index in [1.54, 1.807) is 0 Å². The molecule has 0 aromatic carbocycles. The number of nitrogens with one attached hydrogen (secondary N) is 1. The molecular formula is C17H33NO. The molecule has 2 unspecified atom stereocenters. The van der Waals surface area contributed by atoms with Gasteiger partial charge in [-0.15, -0.1) is 0 Å². The Labute approximate surface area is 119 Å². The molecule has 0 bridgehead atoms. The fourth-order valence-corrected chi connectivity index (χ4v) is 4.15. The van der Waals surface area contributed by atoms with Crippen LogP contribution in [0.5, 0.6) is 0 Å². The largest absolute Gasteiger partial charge is 0.370 e. The standard InChI is InChI=1S/C17H33NO/c1-3-15-10-6-7-11-16(15)19-17(14-18-2)12-8-4-5-9-13-17/h15-16,18H,3-14H2,1-2H3. The summed E-state index contributed by atoms with van der Waals surface area (Å²) in [4.78, 5) is 0. The number of rotatable bonds is 5. The zero-order chi connectivity index (χ0) is 13.6. The first-order valence-electron chi connectivity index (χ1n) is 8.62. The van der Waals surface area contributed by atoms with Crippen molar-refractivity contribution < 1.29 is 4.74 Å². The summed E-state index contributed by atoms with van der Waals surface area (Å²) in [5, 5.41) is 3.40. The van der Waals surface area contributed by atoms with Gasteiger partial charge in [0.25, 0.3) is 0 Å². The zero-order valence-electron chi connectivity index (χ0n) is 13.0. The molecule has 2 saturated carbocycles. The lowest BCUT2D eigenvalue weighted by Gasteiger charge is -2.41. The van der Waals surface area contributed by atoms with Crippen LogP contribution in [0.3, 0.4) is 0 Å². The van der Waals surface area contributed by atoms with Crippen LogP contribution in [-0.2, 0) is 4.74 Å². The summed E-state index contributed by atoms with van der Waals surface area (Å²) in [7, 11) is 2.08. The molecule has 0 aromatic heterocycles. The van der Waals surface area contributed by atoms with E-state index in [-0.39, 0.29) is 5.60 Å². The first kappa shape index (κ1) is 15.3. The minimum atomic E-state index is 0.140. The number of likely N-dealkylation sites (N-methyl/N-ethyl adjacent to an activating group) is 1. The molecule has 0 heterocycles. The van der Waals surface area contributed by atoms with Crippen LogP contribution in [0.4, 0.5) is 0 Å². The second kappa shape index (κ2) is 7.64. The van der Waals surface area contributed by atoms with Gasteiger partial charge < -0.3 is 10.1 Å². The average molecular weight is 267 g/mol. The van der Waals surface area contributed by atoms with Crippen LogP contribution >= 0.6 is 0 Å². The lowest BCUT2D eigenvalue weighted by molar-refractivity contribution is -0.131. The predicted molar refractivity (Wildman–Crippen MR) is 81.5 cm³/mol. The minimum absolute atomic E-state index is 0.140. The van der Waals surface area contributed by atoms with Crippen molar-refractivity contribution in [2.45, 2.75) is 89.3 Å². The summed E-state index contributed by atoms with van der Waals surface area (Å²) in [6.45, 7) is 3.38. The van der Waals surface area contributed by atoms with E-state index < -0.39 is 0 Å². The van der Waals surface area contributed by atoms with Gasteiger partial charge in [0.15, 0.2) is 0 Å². The highest BCUT2D eigenvalue weighted by molar-refractivity contribution is 4.88. The second-order valence-electron chi connectivity index (χ2n) is 6.74. The van der Waals surface area contributed by atoms with E-state index in [1.165, 1.54) is 70.6 Å². The molecule has 2 heteroatoms. The Morgan fingerprint density at radius 3 is 2.32 bits per heavy atom. The van der Waals surface area contributed by atoms with E-state index in [9.17, 15) is 0 Å². The van der Waals surface area contributed by atoms with Crippen LogP contribution in [0, 0.1) is 5.92 Å². The molecule has 2 nitrogen and oxygen atoms in total. The molecular weight excluding hydrogens is 234 g/mol. The molecule has 2 rings (SSSR count). The number of hydrogen-bond donors (Lipinski definition) is 1. The van der Waals surface area contributed by atoms with Gasteiger partial charge >= 0.3 is 0 Å². The summed E-state index contributed by atoms with van der Waals surface area (Å²) in [5.74, 6) is 0.811. The van der Waals surface area contributed by atoms with Gasteiger partial charge in [0.1, 0.15) is 0 Å². The van der Waals surface area contributed by atoms with Crippen LogP contribution in [-0.4, -0.2) is 25.3 Å². The molecule has 19 heavy (non-hydrogen) atoms. The van der Waals surface area contributed by atoms with Gasteiger partial charge in [0.05, 0.1) is 11.7 Å². The van der Waals surface area contributed by atoms with E-state index in [0.29, 0.717) is 6.10 Å². The topological polar surface area (TPSA) is 21.3 Å². The molecule has 112 valence electrons. The van der Waals surface area contributed by atoms with Crippen molar-refractivity contribution in [2.75, 3.05) is 13.6 Å². The summed E-state index contributed by atoms with van der Waals surface area (Å²) >= 11 is 0. The van der Waals surface area contributed by atoms with Crippen molar-refractivity contribution in [1.29, 1.82) is 0 Å². The monoisotopic (exact) mass is 267 g/mol. The lowest BCUT2D eigenvalue weighted by atomic mass is 9.83. The SMILES string of the molecule is CCC1CCCCC1OC1(CNC)CCCCCC1. The summed E-state index contributed by atoms with van der Waals surface area (Å²) in [6, 6.07) is 0. The number of ether oxygens (including phenoxy) is 1. The molecule has 2 aliphatic rings. The highest BCUT2D eigenvalue weighted by atomic mass is 16.5. The van der Waals surface area contributed by atoms with Gasteiger partial charge in [-0.25, -0.2) is 0 Å². The summed E-state index contributed by atoms with van der Waals surface area (Å²) in [5.41, 5.74) is 0.140. The third kappa shape index (κ3) is 4.19. The van der Waals surface area contributed by atoms with E-state index in [4.69, 9.17) is 4.74 Å². The highest BCUT2D eigenvalue weighted by Crippen LogP contribution is 2.37. The third-order valence-electron chi connectivity index (χ3n) is 5.28. The Hall–Kier alpha value is -0.0800. The van der Waals surface area contributed by atoms with Crippen LogP contribution < -0.4 is 5.32 Å². The maximum Gasteiger partial charge on any atom is 0.0810 e. The maximum absolute atomic E-state index is 6.78. The van der Waals surface area contributed by atoms with Gasteiger partial charge in [-0.1, -0.05) is 51.9 Å². The quantitative estimate of drug-likeness (QED) is 0.751. The Bertz CT molecular complexity index is 246. The molecule has 0 aromatic rings. The first-order valence-corrected chi connectivity index (χ1v) is 8.62. The Balaban J connectivity index is 2.01. The zero-order valence-corrected chi connectivity index (χ0v) is 13.0. The summed E-state index contributed by atoms with van der Waals surface area (Å²) < 4.78 is 6.78. The van der Waals surface area contributed by atoms with E-state index in [1.807, 2.05) is 0 Å². The van der Waals surface area contributed by atoms with Crippen molar-refractivity contribution in [1.82, 2.24) is 5.32 Å². The van der Waals surface area contributed by atoms with Gasteiger partial charge in [-0.2, -0.15) is 0 Å². The second-order valence-corrected chi connectivity index (χ2v) is 6.74. The van der Waals surface area contributed by atoms with Crippen molar-refractivity contribution in [3.63, 3.8) is 0 Å². The molecule has 0 aliphatic heterocycles. The van der Waals surface area contributed by atoms with Crippen molar-refractivity contribution >= 4 is 0 Å². The van der Waals surface area contributed by atoms with Crippen LogP contribution in [0.1, 0.15) is 77.6 Å². The van der Waals surface area contributed by atoms with Crippen molar-refractivity contribution in [2.24, 2.45) is 5.92 Å². The van der Waals surface area contributed by atoms with Crippen LogP contribution in [0.15, 0.2) is 0 Å². The highest BCUT2D eigenvalue weighted by Gasteiger charge is 2.36. The average Bonchev–Trinajstić information content (AvgIpc) is 2.66. The van der Waals surface area contributed by atoms with Gasteiger partial charge in [-0.05, 0) is 38.6 Å². The fourth-order valence-electron chi connectivity index (χ4n) is 4.15. The van der Waals surface area contributed by atoms with E-state index >= 15 is 0 Å². The Morgan fingerprint density at radius 1 is 1.00 bits per heavy atom. The van der Waals surface area contributed by atoms with E-state index in [0.717, 1.165) is 12.5 Å². The fraction of sp³-hybridized carbons (Fsp3) is 1.00. The van der Waals surface area contributed by atoms with Gasteiger partial charge in [0.2, 0.25) is 0 Å². The van der Waals surface area contributed by atoms with Crippen molar-refractivity contribution in [3.05, 3.63) is 0 Å². The predicted octanol–water partition coefficient (Wildman–Crippen LogP) is 4.28. The summed E-state index contributed by atoms with van der Waals surface area (Å²) in [6.07, 6.45) is 15.3. The molecule has 0 amide bonds. The molecule has 1 N–H and O–H groups in total. The molecule has 2 fully saturated rings. The minimum Gasteiger partial charge on any atom is -0.370 e. The smallest absolute Gasteiger partial charge is 0.0810 e. The molecule has 2 aliphatic carbocycles. The first-order chi connectivity index (χ1) is 9.29.